The normalized spacial score (nSPS) is 15.1. The number of likely N-dealkylation sites (N-methyl/N-ethyl adjacent to an activating group) is 1. The number of rotatable bonds is 6. The van der Waals surface area contributed by atoms with E-state index in [2.05, 4.69) is 79.7 Å². The summed E-state index contributed by atoms with van der Waals surface area (Å²) in [5.41, 5.74) is 8.74. The van der Waals surface area contributed by atoms with Crippen LogP contribution >= 0.6 is 0 Å². The highest BCUT2D eigenvalue weighted by Gasteiger charge is 2.19. The Morgan fingerprint density at radius 2 is 1.68 bits per heavy atom. The summed E-state index contributed by atoms with van der Waals surface area (Å²) >= 11 is 0. The van der Waals surface area contributed by atoms with Crippen LogP contribution in [0.4, 0.5) is 11.4 Å². The quantitative estimate of drug-likeness (QED) is 0.209. The minimum Gasteiger partial charge on any atom is -0.369 e. The zero-order chi connectivity index (χ0) is 27.1. The van der Waals surface area contributed by atoms with Crippen LogP contribution in [0.5, 0.6) is 0 Å². The number of piperazine rings is 1. The molecule has 0 saturated carbocycles. The molecule has 8 nitrogen and oxygen atoms in total. The van der Waals surface area contributed by atoms with Crippen molar-refractivity contribution in [2.75, 3.05) is 43.4 Å². The molecule has 1 atom stereocenters. The average molecular weight is 530 g/mol. The molecule has 0 aliphatic carbocycles. The minimum absolute atomic E-state index is 0.744. The Morgan fingerprint density at radius 3 is 2.52 bits per heavy atom. The topological polar surface area (TPSA) is 96.1 Å². The fourth-order valence-electron chi connectivity index (χ4n) is 5.54. The Hall–Kier alpha value is -4.66. The summed E-state index contributed by atoms with van der Waals surface area (Å²) in [6.45, 7) is 4.18. The number of anilines is 2. The molecule has 0 amide bonds. The first-order valence-corrected chi connectivity index (χ1v) is 13.6. The Labute approximate surface area is 232 Å². The molecule has 1 aliphatic heterocycles. The van der Waals surface area contributed by atoms with Gasteiger partial charge in [-0.3, -0.25) is 10.1 Å². The number of pyridine rings is 1. The van der Waals surface area contributed by atoms with Crippen molar-refractivity contribution in [3.05, 3.63) is 96.8 Å². The van der Waals surface area contributed by atoms with E-state index in [1.807, 2.05) is 42.6 Å². The lowest BCUT2D eigenvalue weighted by atomic mass is 10.0. The van der Waals surface area contributed by atoms with Gasteiger partial charge in [0.1, 0.15) is 5.69 Å². The molecular weight excluding hydrogens is 498 g/mol. The predicted octanol–water partition coefficient (Wildman–Crippen LogP) is 5.63. The number of aromatic nitrogens is 4. The van der Waals surface area contributed by atoms with E-state index in [9.17, 15) is 5.11 Å². The van der Waals surface area contributed by atoms with Crippen molar-refractivity contribution in [3.63, 3.8) is 0 Å². The van der Waals surface area contributed by atoms with E-state index in [0.29, 0.717) is 0 Å². The van der Waals surface area contributed by atoms with Crippen LogP contribution in [0.15, 0.2) is 91.3 Å². The number of aromatic amines is 2. The lowest BCUT2D eigenvalue weighted by Gasteiger charge is -2.34. The van der Waals surface area contributed by atoms with Crippen LogP contribution in [0.3, 0.4) is 0 Å². The number of H-pyrrole nitrogens is 2. The molecule has 1 aliphatic rings. The van der Waals surface area contributed by atoms with Gasteiger partial charge >= 0.3 is 0 Å². The molecule has 0 spiro atoms. The van der Waals surface area contributed by atoms with Gasteiger partial charge in [0, 0.05) is 65.5 Å². The van der Waals surface area contributed by atoms with E-state index in [1.165, 1.54) is 11.1 Å². The van der Waals surface area contributed by atoms with E-state index in [4.69, 9.17) is 5.10 Å². The van der Waals surface area contributed by atoms with Gasteiger partial charge in [0.15, 0.2) is 6.23 Å². The summed E-state index contributed by atoms with van der Waals surface area (Å²) in [4.78, 5) is 12.9. The van der Waals surface area contributed by atoms with E-state index in [-0.39, 0.29) is 0 Å². The summed E-state index contributed by atoms with van der Waals surface area (Å²) < 4.78 is 0. The number of aliphatic hydroxyl groups excluding tert-OH is 1. The van der Waals surface area contributed by atoms with Crippen molar-refractivity contribution in [1.82, 2.24) is 25.1 Å². The molecule has 7 rings (SSSR count). The monoisotopic (exact) mass is 529 g/mol. The number of aliphatic hydroxyl groups is 1. The zero-order valence-electron chi connectivity index (χ0n) is 22.3. The van der Waals surface area contributed by atoms with Crippen molar-refractivity contribution in [3.8, 4) is 22.5 Å². The average Bonchev–Trinajstić information content (AvgIpc) is 3.62. The number of fused-ring (bicyclic) bond motifs is 2. The van der Waals surface area contributed by atoms with Gasteiger partial charge in [-0.1, -0.05) is 42.5 Å². The first-order valence-electron chi connectivity index (χ1n) is 13.6. The van der Waals surface area contributed by atoms with Crippen molar-refractivity contribution in [1.29, 1.82) is 0 Å². The Balaban J connectivity index is 1.21. The largest absolute Gasteiger partial charge is 0.369 e. The van der Waals surface area contributed by atoms with Crippen molar-refractivity contribution < 1.29 is 5.11 Å². The fraction of sp³-hybridized carbons (Fsp3) is 0.188. The van der Waals surface area contributed by atoms with Crippen LogP contribution in [0, 0.1) is 0 Å². The Bertz CT molecular complexity index is 1780. The molecule has 4 heterocycles. The molecule has 1 fully saturated rings. The van der Waals surface area contributed by atoms with Gasteiger partial charge in [-0.15, -0.1) is 0 Å². The molecule has 0 bridgehead atoms. The molecule has 6 aromatic rings. The molecule has 40 heavy (non-hydrogen) atoms. The second-order valence-corrected chi connectivity index (χ2v) is 10.5. The highest BCUT2D eigenvalue weighted by atomic mass is 16.3. The van der Waals surface area contributed by atoms with Gasteiger partial charge in [-0.2, -0.15) is 5.10 Å². The molecule has 4 N–H and O–H groups in total. The summed E-state index contributed by atoms with van der Waals surface area (Å²) in [5, 5.41) is 23.9. The highest BCUT2D eigenvalue weighted by molar-refractivity contribution is 6.01. The molecule has 1 saturated heterocycles. The lowest BCUT2D eigenvalue weighted by Crippen LogP contribution is -2.44. The van der Waals surface area contributed by atoms with E-state index in [0.717, 1.165) is 76.4 Å². The van der Waals surface area contributed by atoms with Crippen molar-refractivity contribution in [2.45, 2.75) is 6.23 Å². The number of hydrogen-bond donors (Lipinski definition) is 4. The third-order valence-corrected chi connectivity index (χ3v) is 7.79. The summed E-state index contributed by atoms with van der Waals surface area (Å²) in [7, 11) is 2.18. The summed E-state index contributed by atoms with van der Waals surface area (Å²) in [6, 6.07) is 26.5. The van der Waals surface area contributed by atoms with Crippen molar-refractivity contribution >= 4 is 33.2 Å². The van der Waals surface area contributed by atoms with Gasteiger partial charge in [-0.05, 0) is 49.0 Å². The van der Waals surface area contributed by atoms with Gasteiger partial charge in [-0.25, -0.2) is 0 Å². The molecule has 3 aromatic heterocycles. The molecule has 8 heteroatoms. The molecule has 3 aromatic carbocycles. The molecule has 0 radical (unpaired) electrons. The lowest BCUT2D eigenvalue weighted by molar-refractivity contribution is 0.208. The van der Waals surface area contributed by atoms with E-state index < -0.39 is 6.23 Å². The molecular formula is C32H31N7O. The standard InChI is InChI=1S/C32H31N7O/c1-38-12-14-39(15-13-38)30-9-5-8-27-25(30)18-29(35-27)31-26-17-22(10-11-28(26)36-37-31)23-16-24(20-33-19-23)34-32(40)21-6-3-2-4-7-21/h2-11,16-20,32,34-35,40H,12-15H2,1H3,(H,36,37). The van der Waals surface area contributed by atoms with Crippen LogP contribution < -0.4 is 10.2 Å². The first-order chi connectivity index (χ1) is 19.6. The number of nitrogens with zero attached hydrogens (tertiary/aromatic N) is 4. The first kappa shape index (κ1) is 24.4. The summed E-state index contributed by atoms with van der Waals surface area (Å²) in [6.07, 6.45) is 2.74. The third kappa shape index (κ3) is 4.57. The molecule has 1 unspecified atom stereocenters. The van der Waals surface area contributed by atoms with Gasteiger partial charge in [0.05, 0.1) is 23.1 Å². The van der Waals surface area contributed by atoms with E-state index in [1.54, 1.807) is 6.20 Å². The SMILES string of the molecule is CN1CCN(c2cccc3[nH]c(-c4n[nH]c5ccc(-c6cncc(NC(O)c7ccccc7)c6)cc45)cc23)CC1. The fourth-order valence-corrected chi connectivity index (χ4v) is 5.54. The van der Waals surface area contributed by atoms with Gasteiger partial charge in [0.25, 0.3) is 0 Å². The van der Waals surface area contributed by atoms with Gasteiger partial charge < -0.3 is 25.2 Å². The van der Waals surface area contributed by atoms with Gasteiger partial charge in [0.2, 0.25) is 0 Å². The predicted molar refractivity (Wildman–Crippen MR) is 161 cm³/mol. The van der Waals surface area contributed by atoms with Crippen LogP contribution in [-0.4, -0.2) is 63.4 Å². The van der Waals surface area contributed by atoms with Crippen molar-refractivity contribution in [2.24, 2.45) is 0 Å². The van der Waals surface area contributed by atoms with E-state index >= 15 is 0 Å². The number of hydrogen-bond acceptors (Lipinski definition) is 6. The second kappa shape index (κ2) is 10.1. The third-order valence-electron chi connectivity index (χ3n) is 7.79. The Morgan fingerprint density at radius 1 is 0.825 bits per heavy atom. The zero-order valence-corrected chi connectivity index (χ0v) is 22.3. The Kier molecular flexibility index (Phi) is 6.18. The highest BCUT2D eigenvalue weighted by Crippen LogP contribution is 2.35. The van der Waals surface area contributed by atoms with Crippen LogP contribution in [-0.2, 0) is 0 Å². The smallest absolute Gasteiger partial charge is 0.150 e. The maximum atomic E-state index is 10.6. The number of nitrogens with one attached hydrogen (secondary N) is 3. The minimum atomic E-state index is -0.820. The maximum absolute atomic E-state index is 10.6. The summed E-state index contributed by atoms with van der Waals surface area (Å²) in [5.74, 6) is 0. The number of benzene rings is 3. The maximum Gasteiger partial charge on any atom is 0.150 e. The molecule has 200 valence electrons. The van der Waals surface area contributed by atoms with Crippen LogP contribution in [0.25, 0.3) is 44.3 Å². The van der Waals surface area contributed by atoms with Crippen LogP contribution in [0.1, 0.15) is 11.8 Å². The second-order valence-electron chi connectivity index (χ2n) is 10.5. The van der Waals surface area contributed by atoms with Crippen LogP contribution in [0.2, 0.25) is 0 Å².